The third-order valence-corrected chi connectivity index (χ3v) is 3.26. The van der Waals surface area contributed by atoms with Crippen molar-refractivity contribution in [3.63, 3.8) is 0 Å². The summed E-state index contributed by atoms with van der Waals surface area (Å²) in [4.78, 5) is 0. The molecule has 2 nitrogen and oxygen atoms in total. The Bertz CT molecular complexity index is 436. The van der Waals surface area contributed by atoms with Crippen LogP contribution >= 0.6 is 0 Å². The van der Waals surface area contributed by atoms with E-state index in [2.05, 4.69) is 46.5 Å². The second-order valence-corrected chi connectivity index (χ2v) is 4.33. The lowest BCUT2D eigenvalue weighted by Gasteiger charge is -2.11. The highest BCUT2D eigenvalue weighted by Gasteiger charge is 2.15. The molecule has 16 heavy (non-hydrogen) atoms. The molecule has 1 saturated heterocycles. The normalized spacial score (nSPS) is 20.1. The largest absolute Gasteiger partial charge is 0.324 e. The molecule has 3 rings (SSSR count). The number of benzene rings is 1. The summed E-state index contributed by atoms with van der Waals surface area (Å²) in [5.41, 5.74) is 2.64. The molecule has 0 amide bonds. The Morgan fingerprint density at radius 2 is 1.81 bits per heavy atom. The molecule has 2 heteroatoms. The molecule has 0 bridgehead atoms. The van der Waals surface area contributed by atoms with Gasteiger partial charge in [0.15, 0.2) is 0 Å². The van der Waals surface area contributed by atoms with Crippen molar-refractivity contribution in [3.8, 4) is 5.69 Å². The first-order chi connectivity index (χ1) is 7.93. The fraction of sp³-hybridized carbons (Fsp3) is 0.286. The molecular weight excluding hydrogens is 196 g/mol. The summed E-state index contributed by atoms with van der Waals surface area (Å²) >= 11 is 0. The maximum absolute atomic E-state index is 3.52. The summed E-state index contributed by atoms with van der Waals surface area (Å²) in [5.74, 6) is 0. The van der Waals surface area contributed by atoms with Crippen LogP contribution in [0, 0.1) is 0 Å². The van der Waals surface area contributed by atoms with Crippen molar-refractivity contribution >= 4 is 0 Å². The van der Waals surface area contributed by atoms with Crippen LogP contribution < -0.4 is 5.32 Å². The van der Waals surface area contributed by atoms with Crippen LogP contribution in [0.3, 0.4) is 0 Å². The molecule has 1 atom stereocenters. The first kappa shape index (κ1) is 9.67. The van der Waals surface area contributed by atoms with Gasteiger partial charge in [0.1, 0.15) is 0 Å². The highest BCUT2D eigenvalue weighted by molar-refractivity contribution is 5.36. The Morgan fingerprint density at radius 1 is 1.06 bits per heavy atom. The number of hydrogen-bond acceptors (Lipinski definition) is 1. The minimum atomic E-state index is 0.568. The van der Waals surface area contributed by atoms with Gasteiger partial charge in [-0.2, -0.15) is 0 Å². The average molecular weight is 212 g/mol. The number of nitrogens with one attached hydrogen (secondary N) is 1. The van der Waals surface area contributed by atoms with Gasteiger partial charge < -0.3 is 9.88 Å². The number of rotatable bonds is 2. The van der Waals surface area contributed by atoms with Crippen LogP contribution in [0.5, 0.6) is 0 Å². The third-order valence-electron chi connectivity index (χ3n) is 3.26. The van der Waals surface area contributed by atoms with E-state index in [1.54, 1.807) is 0 Å². The second-order valence-electron chi connectivity index (χ2n) is 4.33. The van der Waals surface area contributed by atoms with Gasteiger partial charge >= 0.3 is 0 Å². The Labute approximate surface area is 95.9 Å². The average Bonchev–Trinajstić information content (AvgIpc) is 3.03. The molecule has 0 spiro atoms. The van der Waals surface area contributed by atoms with Crippen LogP contribution in [0.1, 0.15) is 24.4 Å². The summed E-state index contributed by atoms with van der Waals surface area (Å²) in [5, 5.41) is 3.52. The van der Waals surface area contributed by atoms with Crippen LogP contribution in [0.25, 0.3) is 5.69 Å². The van der Waals surface area contributed by atoms with Gasteiger partial charge in [-0.15, -0.1) is 0 Å². The fourth-order valence-electron chi connectivity index (χ4n) is 2.35. The van der Waals surface area contributed by atoms with E-state index in [9.17, 15) is 0 Å². The molecule has 0 aliphatic carbocycles. The van der Waals surface area contributed by atoms with Crippen molar-refractivity contribution < 1.29 is 0 Å². The Balaban J connectivity index is 1.84. The summed E-state index contributed by atoms with van der Waals surface area (Å²) in [6.07, 6.45) is 6.71. The quantitative estimate of drug-likeness (QED) is 0.810. The van der Waals surface area contributed by atoms with E-state index < -0.39 is 0 Å². The molecule has 1 aliphatic heterocycles. The molecular formula is C14H16N2. The molecule has 1 fully saturated rings. The van der Waals surface area contributed by atoms with E-state index >= 15 is 0 Å². The predicted octanol–water partition coefficient (Wildman–Crippen LogP) is 2.90. The zero-order chi connectivity index (χ0) is 10.8. The lowest BCUT2D eigenvalue weighted by molar-refractivity contribution is 0.647. The molecule has 82 valence electrons. The molecule has 0 radical (unpaired) electrons. The molecule has 1 aromatic carbocycles. The van der Waals surface area contributed by atoms with Gasteiger partial charge in [0.2, 0.25) is 0 Å². The molecule has 0 saturated carbocycles. The van der Waals surface area contributed by atoms with Crippen LogP contribution in [0.2, 0.25) is 0 Å². The third kappa shape index (κ3) is 1.76. The summed E-state index contributed by atoms with van der Waals surface area (Å²) in [6, 6.07) is 13.5. The number of aromatic nitrogens is 1. The summed E-state index contributed by atoms with van der Waals surface area (Å²) < 4.78 is 2.13. The highest BCUT2D eigenvalue weighted by Crippen LogP contribution is 2.23. The zero-order valence-electron chi connectivity index (χ0n) is 9.26. The minimum Gasteiger partial charge on any atom is -0.324 e. The van der Waals surface area contributed by atoms with Crippen LogP contribution in [-0.2, 0) is 0 Å². The van der Waals surface area contributed by atoms with Crippen molar-refractivity contribution in [1.82, 2.24) is 9.88 Å². The van der Waals surface area contributed by atoms with Gasteiger partial charge in [0.25, 0.3) is 0 Å². The highest BCUT2D eigenvalue weighted by atomic mass is 14.9. The first-order valence-electron chi connectivity index (χ1n) is 5.90. The maximum Gasteiger partial charge on any atom is 0.0449 e. The van der Waals surface area contributed by atoms with E-state index in [1.165, 1.54) is 24.1 Å². The lowest BCUT2D eigenvalue weighted by atomic mass is 10.1. The van der Waals surface area contributed by atoms with E-state index in [1.807, 2.05) is 12.1 Å². The smallest absolute Gasteiger partial charge is 0.0449 e. The van der Waals surface area contributed by atoms with Crippen molar-refractivity contribution in [3.05, 3.63) is 54.4 Å². The van der Waals surface area contributed by atoms with Crippen molar-refractivity contribution in [1.29, 1.82) is 0 Å². The topological polar surface area (TPSA) is 17.0 Å². The zero-order valence-corrected chi connectivity index (χ0v) is 9.26. The summed E-state index contributed by atoms with van der Waals surface area (Å²) in [6.45, 7) is 1.16. The standard InChI is InChI=1S/C14H16N2/c1-2-11-16(10-1)13-7-5-12(6-8-13)14-4-3-9-15-14/h1-2,5-8,10-11,14-15H,3-4,9H2/t14-/m1/s1. The molecule has 1 N–H and O–H groups in total. The maximum atomic E-state index is 3.52. The number of hydrogen-bond donors (Lipinski definition) is 1. The van der Waals surface area contributed by atoms with Gasteiger partial charge in [0, 0.05) is 24.1 Å². The van der Waals surface area contributed by atoms with Crippen molar-refractivity contribution in [2.75, 3.05) is 6.54 Å². The van der Waals surface area contributed by atoms with E-state index in [4.69, 9.17) is 0 Å². The molecule has 0 unspecified atom stereocenters. The molecule has 2 heterocycles. The van der Waals surface area contributed by atoms with E-state index in [-0.39, 0.29) is 0 Å². The lowest BCUT2D eigenvalue weighted by Crippen LogP contribution is -2.12. The molecule has 1 aromatic heterocycles. The van der Waals surface area contributed by atoms with Crippen LogP contribution in [0.15, 0.2) is 48.8 Å². The van der Waals surface area contributed by atoms with Crippen molar-refractivity contribution in [2.45, 2.75) is 18.9 Å². The van der Waals surface area contributed by atoms with Gasteiger partial charge in [-0.1, -0.05) is 12.1 Å². The second kappa shape index (κ2) is 4.14. The minimum absolute atomic E-state index is 0.568. The van der Waals surface area contributed by atoms with Crippen LogP contribution in [-0.4, -0.2) is 11.1 Å². The summed E-state index contributed by atoms with van der Waals surface area (Å²) in [7, 11) is 0. The SMILES string of the molecule is c1ccn(-c2ccc([C@H]3CCCN3)cc2)c1. The van der Waals surface area contributed by atoms with Gasteiger partial charge in [-0.05, 0) is 49.2 Å². The van der Waals surface area contributed by atoms with Gasteiger partial charge in [-0.25, -0.2) is 0 Å². The Kier molecular flexibility index (Phi) is 2.50. The van der Waals surface area contributed by atoms with Crippen LogP contribution in [0.4, 0.5) is 0 Å². The van der Waals surface area contributed by atoms with Crippen molar-refractivity contribution in [2.24, 2.45) is 0 Å². The van der Waals surface area contributed by atoms with Gasteiger partial charge in [-0.3, -0.25) is 0 Å². The van der Waals surface area contributed by atoms with E-state index in [0.29, 0.717) is 6.04 Å². The monoisotopic (exact) mass is 212 g/mol. The molecule has 1 aliphatic rings. The van der Waals surface area contributed by atoms with E-state index in [0.717, 1.165) is 6.54 Å². The first-order valence-corrected chi connectivity index (χ1v) is 5.90. The Morgan fingerprint density at radius 3 is 2.44 bits per heavy atom. The fourth-order valence-corrected chi connectivity index (χ4v) is 2.35. The molecule has 2 aromatic rings. The Hall–Kier alpha value is -1.54. The number of nitrogens with zero attached hydrogens (tertiary/aromatic N) is 1. The van der Waals surface area contributed by atoms with Gasteiger partial charge in [0.05, 0.1) is 0 Å². The predicted molar refractivity (Wildman–Crippen MR) is 65.7 cm³/mol.